The lowest BCUT2D eigenvalue weighted by Crippen LogP contribution is -1.98. The highest BCUT2D eigenvalue weighted by Crippen LogP contribution is 2.21. The molecule has 2 aromatic rings. The number of hydrogen-bond acceptors (Lipinski definition) is 3. The number of ether oxygens (including phenoxy) is 2. The Balaban J connectivity index is 2.05. The Morgan fingerprint density at radius 1 is 1.00 bits per heavy atom. The molecule has 2 aromatic carbocycles. The molecule has 0 aliphatic carbocycles. The zero-order chi connectivity index (χ0) is 12.8. The van der Waals surface area contributed by atoms with Crippen LogP contribution in [0.2, 0.25) is 0 Å². The lowest BCUT2D eigenvalue weighted by molar-refractivity contribution is -0.142. The fraction of sp³-hybridized carbons (Fsp3) is 0.133. The summed E-state index contributed by atoms with van der Waals surface area (Å²) >= 11 is 0. The smallest absolute Gasteiger partial charge is 0.302 e. The monoisotopic (exact) mass is 242 g/mol. The molecule has 0 atom stereocenters. The van der Waals surface area contributed by atoms with E-state index < -0.39 is 0 Å². The van der Waals surface area contributed by atoms with Gasteiger partial charge in [-0.15, -0.1) is 0 Å². The van der Waals surface area contributed by atoms with Crippen molar-refractivity contribution in [2.45, 2.75) is 13.5 Å². The Morgan fingerprint density at radius 3 is 2.44 bits per heavy atom. The molecule has 0 saturated heterocycles. The van der Waals surface area contributed by atoms with Crippen molar-refractivity contribution in [1.82, 2.24) is 0 Å². The predicted octanol–water partition coefficient (Wildman–Crippen LogP) is 3.54. The number of para-hydroxylation sites is 1. The third kappa shape index (κ3) is 3.63. The Kier molecular flexibility index (Phi) is 3.97. The Hall–Kier alpha value is -2.29. The first kappa shape index (κ1) is 12.2. The maximum atomic E-state index is 10.7. The van der Waals surface area contributed by atoms with Gasteiger partial charge in [0.1, 0.15) is 18.1 Å². The topological polar surface area (TPSA) is 35.5 Å². The minimum atomic E-state index is -0.288. The molecule has 0 heterocycles. The molecule has 3 heteroatoms. The second-order valence-corrected chi connectivity index (χ2v) is 3.84. The zero-order valence-corrected chi connectivity index (χ0v) is 10.1. The normalized spacial score (nSPS) is 9.83. The van der Waals surface area contributed by atoms with Crippen molar-refractivity contribution in [2.24, 2.45) is 0 Å². The van der Waals surface area contributed by atoms with E-state index in [1.165, 1.54) is 6.92 Å². The summed E-state index contributed by atoms with van der Waals surface area (Å²) in [6.45, 7) is 1.66. The van der Waals surface area contributed by atoms with E-state index in [0.717, 1.165) is 17.1 Å². The predicted molar refractivity (Wildman–Crippen MR) is 68.4 cm³/mol. The highest BCUT2D eigenvalue weighted by molar-refractivity contribution is 5.65. The SMILES string of the molecule is CC(=O)OCc1cccc(Oc2ccccc2)c1. The van der Waals surface area contributed by atoms with E-state index in [2.05, 4.69) is 0 Å². The van der Waals surface area contributed by atoms with E-state index in [-0.39, 0.29) is 12.6 Å². The fourth-order valence-electron chi connectivity index (χ4n) is 1.51. The van der Waals surface area contributed by atoms with Crippen molar-refractivity contribution < 1.29 is 14.3 Å². The number of hydrogen-bond donors (Lipinski definition) is 0. The van der Waals surface area contributed by atoms with Gasteiger partial charge in [-0.05, 0) is 29.8 Å². The van der Waals surface area contributed by atoms with E-state index in [9.17, 15) is 4.79 Å². The first-order chi connectivity index (χ1) is 8.74. The summed E-state index contributed by atoms with van der Waals surface area (Å²) in [6.07, 6.45) is 0. The largest absolute Gasteiger partial charge is 0.461 e. The van der Waals surface area contributed by atoms with Crippen LogP contribution in [0.4, 0.5) is 0 Å². The van der Waals surface area contributed by atoms with Crippen molar-refractivity contribution >= 4 is 5.97 Å². The van der Waals surface area contributed by atoms with Gasteiger partial charge in [-0.25, -0.2) is 0 Å². The highest BCUT2D eigenvalue weighted by Gasteiger charge is 2.00. The summed E-state index contributed by atoms with van der Waals surface area (Å²) in [4.78, 5) is 10.7. The fourth-order valence-corrected chi connectivity index (χ4v) is 1.51. The maximum absolute atomic E-state index is 10.7. The van der Waals surface area contributed by atoms with E-state index in [1.807, 2.05) is 54.6 Å². The average Bonchev–Trinajstić information content (AvgIpc) is 2.38. The van der Waals surface area contributed by atoms with Crippen LogP contribution in [0.1, 0.15) is 12.5 Å². The highest BCUT2D eigenvalue weighted by atomic mass is 16.5. The van der Waals surface area contributed by atoms with Crippen LogP contribution >= 0.6 is 0 Å². The molecule has 0 saturated carbocycles. The first-order valence-electron chi connectivity index (χ1n) is 5.69. The number of rotatable bonds is 4. The van der Waals surface area contributed by atoms with Crippen molar-refractivity contribution in [3.8, 4) is 11.5 Å². The van der Waals surface area contributed by atoms with Crippen molar-refractivity contribution in [2.75, 3.05) is 0 Å². The summed E-state index contributed by atoms with van der Waals surface area (Å²) in [5.41, 5.74) is 0.902. The Bertz CT molecular complexity index is 520. The molecule has 0 aliphatic rings. The Morgan fingerprint density at radius 2 is 1.72 bits per heavy atom. The second kappa shape index (κ2) is 5.87. The lowest BCUT2D eigenvalue weighted by atomic mass is 10.2. The molecule has 0 aliphatic heterocycles. The molecule has 0 radical (unpaired) electrons. The summed E-state index contributed by atoms with van der Waals surface area (Å²) < 4.78 is 10.6. The van der Waals surface area contributed by atoms with Gasteiger partial charge < -0.3 is 9.47 Å². The summed E-state index contributed by atoms with van der Waals surface area (Å²) in [6, 6.07) is 17.0. The molecule has 0 spiro atoms. The number of carbonyl (C=O) groups is 1. The van der Waals surface area contributed by atoms with Crippen molar-refractivity contribution in [3.05, 3.63) is 60.2 Å². The zero-order valence-electron chi connectivity index (χ0n) is 10.1. The van der Waals surface area contributed by atoms with Crippen LogP contribution in [0.5, 0.6) is 11.5 Å². The van der Waals surface area contributed by atoms with Gasteiger partial charge in [0, 0.05) is 6.92 Å². The van der Waals surface area contributed by atoms with Crippen LogP contribution in [0.25, 0.3) is 0 Å². The first-order valence-corrected chi connectivity index (χ1v) is 5.69. The summed E-state index contributed by atoms with van der Waals surface area (Å²) in [5, 5.41) is 0. The van der Waals surface area contributed by atoms with Crippen LogP contribution in [0.3, 0.4) is 0 Å². The molecule has 0 amide bonds. The number of benzene rings is 2. The minimum Gasteiger partial charge on any atom is -0.461 e. The van der Waals surface area contributed by atoms with E-state index >= 15 is 0 Å². The number of carbonyl (C=O) groups excluding carboxylic acids is 1. The van der Waals surface area contributed by atoms with Crippen molar-refractivity contribution in [1.29, 1.82) is 0 Å². The molecule has 2 rings (SSSR count). The molecule has 0 unspecified atom stereocenters. The molecule has 3 nitrogen and oxygen atoms in total. The standard InChI is InChI=1S/C15H14O3/c1-12(16)17-11-13-6-5-9-15(10-13)18-14-7-3-2-4-8-14/h2-10H,11H2,1H3. The molecule has 0 fully saturated rings. The lowest BCUT2D eigenvalue weighted by Gasteiger charge is -2.07. The molecule has 0 N–H and O–H groups in total. The number of esters is 1. The summed E-state index contributed by atoms with van der Waals surface area (Å²) in [5.74, 6) is 1.22. The van der Waals surface area contributed by atoms with Crippen LogP contribution in [0.15, 0.2) is 54.6 Å². The molecule has 18 heavy (non-hydrogen) atoms. The molecular weight excluding hydrogens is 228 g/mol. The van der Waals surface area contributed by atoms with Gasteiger partial charge in [0.15, 0.2) is 0 Å². The molecular formula is C15H14O3. The van der Waals surface area contributed by atoms with E-state index in [0.29, 0.717) is 0 Å². The van der Waals surface area contributed by atoms with Gasteiger partial charge in [0.25, 0.3) is 0 Å². The van der Waals surface area contributed by atoms with Crippen LogP contribution < -0.4 is 4.74 Å². The third-order valence-corrected chi connectivity index (χ3v) is 2.32. The van der Waals surface area contributed by atoms with Gasteiger partial charge in [-0.3, -0.25) is 4.79 Å². The van der Waals surface area contributed by atoms with Gasteiger partial charge in [-0.2, -0.15) is 0 Å². The van der Waals surface area contributed by atoms with E-state index in [1.54, 1.807) is 0 Å². The second-order valence-electron chi connectivity index (χ2n) is 3.84. The van der Waals surface area contributed by atoms with Crippen LogP contribution in [-0.2, 0) is 16.1 Å². The van der Waals surface area contributed by atoms with Crippen LogP contribution in [0, 0.1) is 0 Å². The van der Waals surface area contributed by atoms with Gasteiger partial charge in [-0.1, -0.05) is 30.3 Å². The third-order valence-electron chi connectivity index (χ3n) is 2.32. The Labute approximate surface area is 106 Å². The minimum absolute atomic E-state index is 0.265. The maximum Gasteiger partial charge on any atom is 0.302 e. The van der Waals surface area contributed by atoms with Gasteiger partial charge in [0.05, 0.1) is 0 Å². The molecule has 92 valence electrons. The quantitative estimate of drug-likeness (QED) is 0.769. The van der Waals surface area contributed by atoms with Gasteiger partial charge >= 0.3 is 5.97 Å². The average molecular weight is 242 g/mol. The van der Waals surface area contributed by atoms with Crippen molar-refractivity contribution in [3.63, 3.8) is 0 Å². The van der Waals surface area contributed by atoms with Gasteiger partial charge in [0.2, 0.25) is 0 Å². The summed E-state index contributed by atoms with van der Waals surface area (Å²) in [7, 11) is 0. The van der Waals surface area contributed by atoms with Crippen LogP contribution in [-0.4, -0.2) is 5.97 Å². The molecule has 0 aromatic heterocycles. The van der Waals surface area contributed by atoms with E-state index in [4.69, 9.17) is 9.47 Å². The molecule has 0 bridgehead atoms.